The van der Waals surface area contributed by atoms with E-state index in [1.165, 1.54) is 0 Å². The zero-order valence-electron chi connectivity index (χ0n) is 12.5. The molecule has 2 unspecified atom stereocenters. The van der Waals surface area contributed by atoms with Gasteiger partial charge in [-0.15, -0.1) is 0 Å². The summed E-state index contributed by atoms with van der Waals surface area (Å²) in [6.07, 6.45) is 0.978. The van der Waals surface area contributed by atoms with E-state index in [2.05, 4.69) is 5.32 Å². The van der Waals surface area contributed by atoms with Crippen molar-refractivity contribution in [3.8, 4) is 11.5 Å². The predicted octanol–water partition coefficient (Wildman–Crippen LogP) is -0.151. The fourth-order valence-corrected chi connectivity index (χ4v) is 2.22. The van der Waals surface area contributed by atoms with Gasteiger partial charge in [0.2, 0.25) is 6.79 Å². The zero-order chi connectivity index (χ0) is 15.9. The number of carbonyl (C=O) groups excluding carboxylic acids is 1. The summed E-state index contributed by atoms with van der Waals surface area (Å²) in [5.74, 6) is 0.876. The molecule has 6 N–H and O–H groups in total. The van der Waals surface area contributed by atoms with E-state index in [-0.39, 0.29) is 6.79 Å². The maximum atomic E-state index is 11.9. The van der Waals surface area contributed by atoms with Crippen LogP contribution in [0.15, 0.2) is 18.2 Å². The Balaban J connectivity index is 1.79. The molecule has 2 atom stereocenters. The Kier molecular flexibility index (Phi) is 6.00. The van der Waals surface area contributed by atoms with Crippen LogP contribution in [-0.4, -0.2) is 36.5 Å². The summed E-state index contributed by atoms with van der Waals surface area (Å²) < 4.78 is 10.5. The van der Waals surface area contributed by atoms with Gasteiger partial charge in [-0.25, -0.2) is 0 Å². The van der Waals surface area contributed by atoms with E-state index in [1.54, 1.807) is 12.1 Å². The average molecular weight is 309 g/mol. The van der Waals surface area contributed by atoms with E-state index in [4.69, 9.17) is 20.9 Å². The number of carbonyl (C=O) groups is 1. The molecule has 1 amide bonds. The molecule has 1 heterocycles. The van der Waals surface area contributed by atoms with Crippen molar-refractivity contribution in [1.82, 2.24) is 5.32 Å². The fraction of sp³-hybridized carbons (Fsp3) is 0.533. The molecular formula is C15H23N3O4. The number of fused-ring (bicyclic) bond motifs is 1. The van der Waals surface area contributed by atoms with Gasteiger partial charge in [0, 0.05) is 12.6 Å². The Bertz CT molecular complexity index is 510. The van der Waals surface area contributed by atoms with Crippen LogP contribution in [-0.2, 0) is 11.3 Å². The van der Waals surface area contributed by atoms with Crippen molar-refractivity contribution in [3.05, 3.63) is 23.8 Å². The number of nitrogens with two attached hydrogens (primary N) is 2. The molecule has 7 nitrogen and oxygen atoms in total. The van der Waals surface area contributed by atoms with Crippen molar-refractivity contribution in [2.45, 2.75) is 38.0 Å². The minimum Gasteiger partial charge on any atom is -0.454 e. The number of ether oxygens (including phenoxy) is 2. The third-order valence-corrected chi connectivity index (χ3v) is 3.57. The number of hydrogen-bond donors (Lipinski definition) is 4. The molecule has 122 valence electrons. The van der Waals surface area contributed by atoms with Crippen molar-refractivity contribution in [1.29, 1.82) is 0 Å². The minimum atomic E-state index is -1.22. The first-order chi connectivity index (χ1) is 10.6. The Morgan fingerprint density at radius 1 is 1.32 bits per heavy atom. The van der Waals surface area contributed by atoms with E-state index in [0.29, 0.717) is 31.0 Å². The van der Waals surface area contributed by atoms with Crippen molar-refractivity contribution < 1.29 is 19.4 Å². The summed E-state index contributed by atoms with van der Waals surface area (Å²) in [5, 5.41) is 12.6. The molecule has 1 aromatic carbocycles. The van der Waals surface area contributed by atoms with Crippen LogP contribution in [0.2, 0.25) is 0 Å². The first-order valence-corrected chi connectivity index (χ1v) is 7.41. The molecule has 0 spiro atoms. The van der Waals surface area contributed by atoms with Crippen LogP contribution in [0.25, 0.3) is 0 Å². The van der Waals surface area contributed by atoms with Crippen LogP contribution in [0.1, 0.15) is 24.8 Å². The minimum absolute atomic E-state index is 0.210. The van der Waals surface area contributed by atoms with Crippen LogP contribution < -0.4 is 26.3 Å². The Hall–Kier alpha value is -1.83. The Morgan fingerprint density at radius 3 is 2.86 bits per heavy atom. The summed E-state index contributed by atoms with van der Waals surface area (Å²) in [7, 11) is 0. The summed E-state index contributed by atoms with van der Waals surface area (Å²) in [6, 6.07) is 4.85. The van der Waals surface area contributed by atoms with E-state index in [1.807, 2.05) is 6.07 Å². The van der Waals surface area contributed by atoms with Gasteiger partial charge in [0.25, 0.3) is 5.91 Å². The number of aliphatic hydroxyl groups is 1. The SMILES string of the molecule is NCCCCC(N)C(O)C(=O)NCc1ccc2c(c1)OCO2. The van der Waals surface area contributed by atoms with Crippen molar-refractivity contribution in [3.63, 3.8) is 0 Å². The second-order valence-electron chi connectivity index (χ2n) is 5.30. The summed E-state index contributed by atoms with van der Waals surface area (Å²) in [4.78, 5) is 11.9. The van der Waals surface area contributed by atoms with Crippen LogP contribution >= 0.6 is 0 Å². The van der Waals surface area contributed by atoms with Gasteiger partial charge in [-0.2, -0.15) is 0 Å². The van der Waals surface area contributed by atoms with Crippen LogP contribution in [0.4, 0.5) is 0 Å². The molecule has 0 saturated heterocycles. The first-order valence-electron chi connectivity index (χ1n) is 7.41. The number of rotatable bonds is 8. The van der Waals surface area contributed by atoms with E-state index >= 15 is 0 Å². The lowest BCUT2D eigenvalue weighted by atomic mass is 10.0. The number of benzene rings is 1. The topological polar surface area (TPSA) is 120 Å². The molecule has 0 radical (unpaired) electrons. The Labute approximate surface area is 129 Å². The van der Waals surface area contributed by atoms with Gasteiger partial charge in [0.15, 0.2) is 11.5 Å². The second-order valence-corrected chi connectivity index (χ2v) is 5.30. The lowest BCUT2D eigenvalue weighted by Gasteiger charge is -2.18. The molecule has 1 aromatic rings. The molecule has 0 aliphatic carbocycles. The Morgan fingerprint density at radius 2 is 2.09 bits per heavy atom. The van der Waals surface area contributed by atoms with Crippen LogP contribution in [0, 0.1) is 0 Å². The molecule has 2 rings (SSSR count). The molecule has 0 saturated carbocycles. The number of nitrogens with one attached hydrogen (secondary N) is 1. The molecule has 1 aliphatic heterocycles. The summed E-state index contributed by atoms with van der Waals surface area (Å²) in [5.41, 5.74) is 12.1. The molecule has 7 heteroatoms. The number of aliphatic hydroxyl groups excluding tert-OH is 1. The standard InChI is InChI=1S/C15H23N3O4/c16-6-2-1-3-11(17)14(19)15(20)18-8-10-4-5-12-13(7-10)22-9-21-12/h4-5,7,11,14,19H,1-3,6,8-9,16-17H2,(H,18,20). The van der Waals surface area contributed by atoms with E-state index in [0.717, 1.165) is 18.4 Å². The number of unbranched alkanes of at least 4 members (excludes halogenated alkanes) is 1. The smallest absolute Gasteiger partial charge is 0.250 e. The number of amides is 1. The van der Waals surface area contributed by atoms with Gasteiger partial charge in [0.1, 0.15) is 6.10 Å². The van der Waals surface area contributed by atoms with E-state index in [9.17, 15) is 9.90 Å². The average Bonchev–Trinajstić information content (AvgIpc) is 2.99. The number of hydrogen-bond acceptors (Lipinski definition) is 6. The molecular weight excluding hydrogens is 286 g/mol. The first kappa shape index (κ1) is 16.5. The highest BCUT2D eigenvalue weighted by atomic mass is 16.7. The van der Waals surface area contributed by atoms with Gasteiger partial charge in [-0.1, -0.05) is 12.5 Å². The molecule has 1 aliphatic rings. The lowest BCUT2D eigenvalue weighted by molar-refractivity contribution is -0.130. The molecule has 0 fully saturated rings. The largest absolute Gasteiger partial charge is 0.454 e. The highest BCUT2D eigenvalue weighted by molar-refractivity contribution is 5.81. The predicted molar refractivity (Wildman–Crippen MR) is 81.3 cm³/mol. The molecule has 0 bridgehead atoms. The highest BCUT2D eigenvalue weighted by Gasteiger charge is 2.22. The van der Waals surface area contributed by atoms with Gasteiger partial charge in [-0.05, 0) is 37.1 Å². The van der Waals surface area contributed by atoms with Gasteiger partial charge in [0.05, 0.1) is 0 Å². The zero-order valence-corrected chi connectivity index (χ0v) is 12.5. The van der Waals surface area contributed by atoms with Crippen molar-refractivity contribution in [2.24, 2.45) is 11.5 Å². The van der Waals surface area contributed by atoms with Crippen molar-refractivity contribution >= 4 is 5.91 Å². The summed E-state index contributed by atoms with van der Waals surface area (Å²) >= 11 is 0. The highest BCUT2D eigenvalue weighted by Crippen LogP contribution is 2.32. The fourth-order valence-electron chi connectivity index (χ4n) is 2.22. The van der Waals surface area contributed by atoms with Gasteiger partial charge < -0.3 is 31.4 Å². The van der Waals surface area contributed by atoms with Crippen LogP contribution in [0.3, 0.4) is 0 Å². The van der Waals surface area contributed by atoms with Crippen LogP contribution in [0.5, 0.6) is 11.5 Å². The monoisotopic (exact) mass is 309 g/mol. The molecule has 0 aromatic heterocycles. The maximum absolute atomic E-state index is 11.9. The third-order valence-electron chi connectivity index (χ3n) is 3.57. The van der Waals surface area contributed by atoms with E-state index < -0.39 is 18.1 Å². The second kappa shape index (κ2) is 7.98. The van der Waals surface area contributed by atoms with Gasteiger partial charge in [-0.3, -0.25) is 4.79 Å². The maximum Gasteiger partial charge on any atom is 0.250 e. The molecule has 22 heavy (non-hydrogen) atoms. The summed E-state index contributed by atoms with van der Waals surface area (Å²) in [6.45, 7) is 1.09. The third kappa shape index (κ3) is 4.33. The van der Waals surface area contributed by atoms with Gasteiger partial charge >= 0.3 is 0 Å². The lowest BCUT2D eigenvalue weighted by Crippen LogP contribution is -2.46. The van der Waals surface area contributed by atoms with Crippen molar-refractivity contribution in [2.75, 3.05) is 13.3 Å². The quantitative estimate of drug-likeness (QED) is 0.496. The normalized spacial score (nSPS) is 15.4.